The largest absolute Gasteiger partial charge is 0.497 e. The SMILES string of the molecule is COc1ccc(CC(C)CNC(=O)CCc2ccc(C(=O)O)cc2)cc1. The molecule has 0 aliphatic rings. The summed E-state index contributed by atoms with van der Waals surface area (Å²) in [5.74, 6) is 0.238. The highest BCUT2D eigenvalue weighted by molar-refractivity contribution is 5.87. The van der Waals surface area contributed by atoms with E-state index in [1.165, 1.54) is 5.56 Å². The minimum Gasteiger partial charge on any atom is -0.497 e. The van der Waals surface area contributed by atoms with Crippen molar-refractivity contribution in [2.24, 2.45) is 5.92 Å². The molecule has 0 fully saturated rings. The zero-order chi connectivity index (χ0) is 18.9. The fraction of sp³-hybridized carbons (Fsp3) is 0.333. The molecule has 2 aromatic rings. The molecule has 26 heavy (non-hydrogen) atoms. The number of nitrogens with one attached hydrogen (secondary N) is 1. The number of aryl methyl sites for hydroxylation is 1. The maximum atomic E-state index is 12.0. The van der Waals surface area contributed by atoms with Gasteiger partial charge in [0.15, 0.2) is 0 Å². The molecule has 1 amide bonds. The van der Waals surface area contributed by atoms with E-state index in [0.29, 0.717) is 25.3 Å². The maximum absolute atomic E-state index is 12.0. The van der Waals surface area contributed by atoms with E-state index in [1.807, 2.05) is 24.3 Å². The number of benzene rings is 2. The van der Waals surface area contributed by atoms with E-state index < -0.39 is 5.97 Å². The van der Waals surface area contributed by atoms with Gasteiger partial charge in [0.1, 0.15) is 5.75 Å². The zero-order valence-corrected chi connectivity index (χ0v) is 15.2. The van der Waals surface area contributed by atoms with Gasteiger partial charge in [-0.05, 0) is 54.2 Å². The summed E-state index contributed by atoms with van der Waals surface area (Å²) in [5.41, 5.74) is 2.42. The smallest absolute Gasteiger partial charge is 0.335 e. The van der Waals surface area contributed by atoms with Crippen LogP contribution in [0.3, 0.4) is 0 Å². The molecule has 0 saturated heterocycles. The maximum Gasteiger partial charge on any atom is 0.335 e. The number of carbonyl (C=O) groups excluding carboxylic acids is 1. The molecule has 1 atom stereocenters. The average molecular weight is 355 g/mol. The quantitative estimate of drug-likeness (QED) is 0.723. The fourth-order valence-corrected chi connectivity index (χ4v) is 2.68. The normalized spacial score (nSPS) is 11.6. The number of carboxylic acid groups (broad SMARTS) is 1. The van der Waals surface area contributed by atoms with Gasteiger partial charge in [-0.1, -0.05) is 31.2 Å². The van der Waals surface area contributed by atoms with Crippen LogP contribution < -0.4 is 10.1 Å². The second-order valence-corrected chi connectivity index (χ2v) is 6.46. The molecule has 0 heterocycles. The molecule has 1 unspecified atom stereocenters. The summed E-state index contributed by atoms with van der Waals surface area (Å²) in [6.45, 7) is 2.73. The Balaban J connectivity index is 1.71. The van der Waals surface area contributed by atoms with Gasteiger partial charge in [0.2, 0.25) is 5.91 Å². The molecule has 5 nitrogen and oxygen atoms in total. The van der Waals surface area contributed by atoms with E-state index in [-0.39, 0.29) is 11.5 Å². The third kappa shape index (κ3) is 6.24. The molecular formula is C21H25NO4. The summed E-state index contributed by atoms with van der Waals surface area (Å²) >= 11 is 0. The number of carboxylic acids is 1. The van der Waals surface area contributed by atoms with Gasteiger partial charge in [-0.2, -0.15) is 0 Å². The first-order valence-electron chi connectivity index (χ1n) is 8.70. The number of hydrogen-bond donors (Lipinski definition) is 2. The molecule has 138 valence electrons. The highest BCUT2D eigenvalue weighted by atomic mass is 16.5. The Bertz CT molecular complexity index is 723. The predicted molar refractivity (Wildman–Crippen MR) is 101 cm³/mol. The lowest BCUT2D eigenvalue weighted by molar-refractivity contribution is -0.121. The third-order valence-electron chi connectivity index (χ3n) is 4.23. The number of hydrogen-bond acceptors (Lipinski definition) is 3. The molecule has 0 bridgehead atoms. The van der Waals surface area contributed by atoms with Crippen molar-refractivity contribution < 1.29 is 19.4 Å². The van der Waals surface area contributed by atoms with Crippen LogP contribution in [-0.2, 0) is 17.6 Å². The van der Waals surface area contributed by atoms with Crippen molar-refractivity contribution in [2.75, 3.05) is 13.7 Å². The number of ether oxygens (including phenoxy) is 1. The Labute approximate surface area is 154 Å². The molecule has 0 aliphatic heterocycles. The van der Waals surface area contributed by atoms with Crippen LogP contribution in [0.5, 0.6) is 5.75 Å². The summed E-state index contributed by atoms with van der Waals surface area (Å²) in [7, 11) is 1.65. The van der Waals surface area contributed by atoms with Gasteiger partial charge in [0.05, 0.1) is 12.7 Å². The van der Waals surface area contributed by atoms with E-state index in [9.17, 15) is 9.59 Å². The summed E-state index contributed by atoms with van der Waals surface area (Å²) in [6, 6.07) is 14.6. The first-order chi connectivity index (χ1) is 12.5. The monoisotopic (exact) mass is 355 g/mol. The summed E-state index contributed by atoms with van der Waals surface area (Å²) in [4.78, 5) is 22.8. The van der Waals surface area contributed by atoms with Crippen LogP contribution in [0.2, 0.25) is 0 Å². The molecule has 2 aromatic carbocycles. The topological polar surface area (TPSA) is 75.6 Å². The number of rotatable bonds is 9. The van der Waals surface area contributed by atoms with Crippen molar-refractivity contribution in [3.8, 4) is 5.75 Å². The van der Waals surface area contributed by atoms with Crippen molar-refractivity contribution in [3.05, 3.63) is 65.2 Å². The molecule has 2 rings (SSSR count). The molecule has 2 N–H and O–H groups in total. The molecule has 0 aromatic heterocycles. The van der Waals surface area contributed by atoms with Gasteiger partial charge in [-0.25, -0.2) is 4.79 Å². The Morgan fingerprint density at radius 2 is 1.65 bits per heavy atom. The summed E-state index contributed by atoms with van der Waals surface area (Å²) in [5, 5.41) is 11.8. The second-order valence-electron chi connectivity index (χ2n) is 6.46. The van der Waals surface area contributed by atoms with E-state index in [2.05, 4.69) is 12.2 Å². The Morgan fingerprint density at radius 1 is 1.04 bits per heavy atom. The minimum absolute atomic E-state index is 0.00823. The zero-order valence-electron chi connectivity index (χ0n) is 15.2. The van der Waals surface area contributed by atoms with Gasteiger partial charge in [0.25, 0.3) is 0 Å². The van der Waals surface area contributed by atoms with Crippen LogP contribution in [0.15, 0.2) is 48.5 Å². The van der Waals surface area contributed by atoms with E-state index >= 15 is 0 Å². The molecule has 0 spiro atoms. The minimum atomic E-state index is -0.944. The highest BCUT2D eigenvalue weighted by Crippen LogP contribution is 2.14. The van der Waals surface area contributed by atoms with Crippen molar-refractivity contribution in [1.82, 2.24) is 5.32 Å². The van der Waals surface area contributed by atoms with Crippen LogP contribution in [0.25, 0.3) is 0 Å². The van der Waals surface area contributed by atoms with Crippen molar-refractivity contribution in [3.63, 3.8) is 0 Å². The third-order valence-corrected chi connectivity index (χ3v) is 4.23. The van der Waals surface area contributed by atoms with Gasteiger partial charge in [-0.3, -0.25) is 4.79 Å². The lowest BCUT2D eigenvalue weighted by Gasteiger charge is -2.13. The van der Waals surface area contributed by atoms with Crippen molar-refractivity contribution >= 4 is 11.9 Å². The Hall–Kier alpha value is -2.82. The van der Waals surface area contributed by atoms with Crippen molar-refractivity contribution in [1.29, 1.82) is 0 Å². The fourth-order valence-electron chi connectivity index (χ4n) is 2.68. The van der Waals surface area contributed by atoms with Gasteiger partial charge in [-0.15, -0.1) is 0 Å². The first-order valence-corrected chi connectivity index (χ1v) is 8.70. The molecular weight excluding hydrogens is 330 g/mol. The van der Waals surface area contributed by atoms with E-state index in [4.69, 9.17) is 9.84 Å². The predicted octanol–water partition coefficient (Wildman–Crippen LogP) is 3.32. The first kappa shape index (κ1) is 19.5. The summed E-state index contributed by atoms with van der Waals surface area (Å²) in [6.07, 6.45) is 1.88. The van der Waals surface area contributed by atoms with Crippen LogP contribution in [0.1, 0.15) is 34.8 Å². The van der Waals surface area contributed by atoms with Crippen LogP contribution in [-0.4, -0.2) is 30.6 Å². The van der Waals surface area contributed by atoms with Crippen LogP contribution in [0.4, 0.5) is 0 Å². The van der Waals surface area contributed by atoms with Gasteiger partial charge >= 0.3 is 5.97 Å². The number of methoxy groups -OCH3 is 1. The second kappa shape index (κ2) is 9.61. The number of amides is 1. The van der Waals surface area contributed by atoms with Crippen LogP contribution >= 0.6 is 0 Å². The Kier molecular flexibility index (Phi) is 7.21. The van der Waals surface area contributed by atoms with Crippen molar-refractivity contribution in [2.45, 2.75) is 26.2 Å². The summed E-state index contributed by atoms with van der Waals surface area (Å²) < 4.78 is 5.15. The highest BCUT2D eigenvalue weighted by Gasteiger charge is 2.08. The molecule has 0 aliphatic carbocycles. The van der Waals surface area contributed by atoms with Gasteiger partial charge in [0, 0.05) is 13.0 Å². The lowest BCUT2D eigenvalue weighted by Crippen LogP contribution is -2.29. The van der Waals surface area contributed by atoms with E-state index in [0.717, 1.165) is 17.7 Å². The number of aromatic carboxylic acids is 1. The number of carbonyl (C=O) groups is 2. The standard InChI is InChI=1S/C21H25NO4/c1-15(13-17-5-10-19(26-2)11-6-17)14-22-20(23)12-7-16-3-8-18(9-4-16)21(24)25/h3-6,8-11,15H,7,12-14H2,1-2H3,(H,22,23)(H,24,25). The Morgan fingerprint density at radius 3 is 2.23 bits per heavy atom. The van der Waals surface area contributed by atoms with Gasteiger partial charge < -0.3 is 15.2 Å². The van der Waals surface area contributed by atoms with E-state index in [1.54, 1.807) is 31.4 Å². The molecule has 0 radical (unpaired) electrons. The van der Waals surface area contributed by atoms with Crippen LogP contribution in [0, 0.1) is 5.92 Å². The molecule has 0 saturated carbocycles. The lowest BCUT2D eigenvalue weighted by atomic mass is 10.0. The average Bonchev–Trinajstić information content (AvgIpc) is 2.65. The molecule has 5 heteroatoms.